The number of thioether (sulfide) groups is 1. The first kappa shape index (κ1) is 18.3. The molecule has 0 aliphatic carbocycles. The number of nitrogens with one attached hydrogen (secondary N) is 1. The molecule has 0 spiro atoms. The first-order valence-corrected chi connectivity index (χ1v) is 10.1. The van der Waals surface area contributed by atoms with E-state index in [1.54, 1.807) is 18.7 Å². The van der Waals surface area contributed by atoms with E-state index in [1.807, 2.05) is 53.4 Å². The Labute approximate surface area is 167 Å². The molecule has 0 aliphatic heterocycles. The molecular weight excluding hydrogens is 372 g/mol. The largest absolute Gasteiger partial charge is 0.421 e. The van der Waals surface area contributed by atoms with E-state index in [-0.39, 0.29) is 12.5 Å². The van der Waals surface area contributed by atoms with E-state index in [0.29, 0.717) is 18.3 Å². The van der Waals surface area contributed by atoms with Crippen molar-refractivity contribution in [1.82, 2.24) is 20.1 Å². The minimum Gasteiger partial charge on any atom is -0.421 e. The topological polar surface area (TPSA) is 73.0 Å². The summed E-state index contributed by atoms with van der Waals surface area (Å²) in [5.41, 5.74) is 2.86. The molecule has 28 heavy (non-hydrogen) atoms. The van der Waals surface area contributed by atoms with Crippen LogP contribution in [0.4, 0.5) is 0 Å². The van der Waals surface area contributed by atoms with Gasteiger partial charge in [-0.1, -0.05) is 30.3 Å². The molecule has 7 heteroatoms. The maximum Gasteiger partial charge on any atom is 0.249 e. The molecule has 2 aromatic heterocycles. The fraction of sp³-hybridized carbons (Fsp3) is 0.190. The minimum absolute atomic E-state index is 0.0528. The van der Waals surface area contributed by atoms with Crippen molar-refractivity contribution >= 4 is 28.6 Å². The van der Waals surface area contributed by atoms with E-state index in [2.05, 4.69) is 27.6 Å². The molecule has 0 unspecified atom stereocenters. The maximum atomic E-state index is 12.5. The van der Waals surface area contributed by atoms with Crippen LogP contribution in [0.5, 0.6) is 0 Å². The number of carbonyl (C=O) groups excluding carboxylic acids is 1. The first-order valence-electron chi connectivity index (χ1n) is 8.92. The summed E-state index contributed by atoms with van der Waals surface area (Å²) < 4.78 is 7.50. The Hall–Kier alpha value is -3.06. The third-order valence-electron chi connectivity index (χ3n) is 4.51. The van der Waals surface area contributed by atoms with Crippen LogP contribution in [0.3, 0.4) is 0 Å². The third-order valence-corrected chi connectivity index (χ3v) is 5.25. The number of hydrogen-bond donors (Lipinski definition) is 1. The zero-order valence-corrected chi connectivity index (χ0v) is 16.5. The highest BCUT2D eigenvalue weighted by Crippen LogP contribution is 2.29. The summed E-state index contributed by atoms with van der Waals surface area (Å²) in [4.78, 5) is 13.7. The SMILES string of the molecule is CSc1ccc(CNC(=O)Cn2cc(-c3nnc(C)o3)c3ccccc32)cc1. The van der Waals surface area contributed by atoms with E-state index in [9.17, 15) is 4.79 Å². The van der Waals surface area contributed by atoms with Gasteiger partial charge >= 0.3 is 0 Å². The van der Waals surface area contributed by atoms with Gasteiger partial charge in [0.15, 0.2) is 0 Å². The van der Waals surface area contributed by atoms with Crippen molar-refractivity contribution in [2.24, 2.45) is 0 Å². The van der Waals surface area contributed by atoms with Crippen molar-refractivity contribution < 1.29 is 9.21 Å². The molecule has 2 aromatic carbocycles. The van der Waals surface area contributed by atoms with Gasteiger partial charge in [0.2, 0.25) is 17.7 Å². The minimum atomic E-state index is -0.0528. The Balaban J connectivity index is 1.51. The summed E-state index contributed by atoms with van der Waals surface area (Å²) in [6.07, 6.45) is 3.94. The number of hydrogen-bond acceptors (Lipinski definition) is 5. The summed E-state index contributed by atoms with van der Waals surface area (Å²) in [7, 11) is 0. The Morgan fingerprint density at radius 1 is 1.14 bits per heavy atom. The van der Waals surface area contributed by atoms with Crippen LogP contribution in [-0.4, -0.2) is 26.9 Å². The Bertz CT molecular complexity index is 1120. The number of aryl methyl sites for hydroxylation is 1. The molecule has 1 N–H and O–H groups in total. The van der Waals surface area contributed by atoms with Crippen LogP contribution in [0.2, 0.25) is 0 Å². The summed E-state index contributed by atoms with van der Waals surface area (Å²) in [5, 5.41) is 12.0. The Kier molecular flexibility index (Phi) is 5.16. The number of amides is 1. The molecule has 0 fully saturated rings. The summed E-state index contributed by atoms with van der Waals surface area (Å²) >= 11 is 1.70. The quantitative estimate of drug-likeness (QED) is 0.502. The molecule has 142 valence electrons. The molecule has 4 rings (SSSR count). The molecule has 2 heterocycles. The lowest BCUT2D eigenvalue weighted by Gasteiger charge is -2.08. The average Bonchev–Trinajstić information content (AvgIpc) is 3.31. The second-order valence-corrected chi connectivity index (χ2v) is 7.32. The van der Waals surface area contributed by atoms with Gasteiger partial charge in [-0.05, 0) is 30.0 Å². The zero-order valence-electron chi connectivity index (χ0n) is 15.7. The third kappa shape index (κ3) is 3.80. The van der Waals surface area contributed by atoms with Gasteiger partial charge in [-0.3, -0.25) is 4.79 Å². The van der Waals surface area contributed by atoms with Gasteiger partial charge in [-0.2, -0.15) is 0 Å². The molecule has 0 aliphatic rings. The Morgan fingerprint density at radius 3 is 2.64 bits per heavy atom. The molecule has 0 bridgehead atoms. The van der Waals surface area contributed by atoms with Gasteiger partial charge in [0.05, 0.1) is 5.56 Å². The molecule has 0 atom stereocenters. The smallest absolute Gasteiger partial charge is 0.249 e. The summed E-state index contributed by atoms with van der Waals surface area (Å²) in [6.45, 7) is 2.48. The molecule has 4 aromatic rings. The van der Waals surface area contributed by atoms with Crippen molar-refractivity contribution in [3.05, 3.63) is 66.2 Å². The monoisotopic (exact) mass is 392 g/mol. The van der Waals surface area contributed by atoms with E-state index in [1.165, 1.54) is 4.90 Å². The fourth-order valence-electron chi connectivity index (χ4n) is 3.11. The lowest BCUT2D eigenvalue weighted by molar-refractivity contribution is -0.121. The van der Waals surface area contributed by atoms with Crippen LogP contribution in [-0.2, 0) is 17.9 Å². The van der Waals surface area contributed by atoms with Crippen LogP contribution in [0, 0.1) is 6.92 Å². The van der Waals surface area contributed by atoms with Gasteiger partial charge < -0.3 is 14.3 Å². The number of aromatic nitrogens is 3. The molecular formula is C21H20N4O2S. The molecule has 0 saturated heterocycles. The van der Waals surface area contributed by atoms with Crippen molar-refractivity contribution in [3.63, 3.8) is 0 Å². The number of nitrogens with zero attached hydrogens (tertiary/aromatic N) is 3. The number of fused-ring (bicyclic) bond motifs is 1. The number of carbonyl (C=O) groups is 1. The van der Waals surface area contributed by atoms with Gasteiger partial charge in [0.25, 0.3) is 0 Å². The normalized spacial score (nSPS) is 11.1. The number of benzene rings is 2. The van der Waals surface area contributed by atoms with E-state index in [0.717, 1.165) is 22.0 Å². The Morgan fingerprint density at radius 2 is 1.93 bits per heavy atom. The van der Waals surface area contributed by atoms with Crippen LogP contribution >= 0.6 is 11.8 Å². The van der Waals surface area contributed by atoms with Crippen LogP contribution in [0.25, 0.3) is 22.4 Å². The average molecular weight is 392 g/mol. The summed E-state index contributed by atoms with van der Waals surface area (Å²) in [6, 6.07) is 16.1. The van der Waals surface area contributed by atoms with E-state index >= 15 is 0 Å². The van der Waals surface area contributed by atoms with Crippen molar-refractivity contribution in [2.75, 3.05) is 6.26 Å². The predicted molar refractivity (Wildman–Crippen MR) is 110 cm³/mol. The van der Waals surface area contributed by atoms with Crippen molar-refractivity contribution in [2.45, 2.75) is 24.9 Å². The highest BCUT2D eigenvalue weighted by Gasteiger charge is 2.16. The number of rotatable bonds is 6. The van der Waals surface area contributed by atoms with Crippen LogP contribution in [0.1, 0.15) is 11.5 Å². The molecule has 0 saturated carbocycles. The van der Waals surface area contributed by atoms with Crippen LogP contribution < -0.4 is 5.32 Å². The van der Waals surface area contributed by atoms with Gasteiger partial charge in [-0.15, -0.1) is 22.0 Å². The molecule has 0 radical (unpaired) electrons. The fourth-order valence-corrected chi connectivity index (χ4v) is 3.52. The van der Waals surface area contributed by atoms with E-state index < -0.39 is 0 Å². The van der Waals surface area contributed by atoms with Crippen molar-refractivity contribution in [1.29, 1.82) is 0 Å². The van der Waals surface area contributed by atoms with Crippen molar-refractivity contribution in [3.8, 4) is 11.5 Å². The first-order chi connectivity index (χ1) is 13.6. The van der Waals surface area contributed by atoms with Crippen LogP contribution in [0.15, 0.2) is 64.0 Å². The predicted octanol–water partition coefficient (Wildman–Crippen LogP) is 4.04. The maximum absolute atomic E-state index is 12.5. The van der Waals surface area contributed by atoms with Gasteiger partial charge in [-0.25, -0.2) is 0 Å². The van der Waals surface area contributed by atoms with Gasteiger partial charge in [0, 0.05) is 35.5 Å². The summed E-state index contributed by atoms with van der Waals surface area (Å²) in [5.74, 6) is 0.918. The molecule has 6 nitrogen and oxygen atoms in total. The standard InChI is InChI=1S/C21H20N4O2S/c1-14-23-24-21(27-14)18-12-25(19-6-4-3-5-17(18)19)13-20(26)22-11-15-7-9-16(28-2)10-8-15/h3-10,12H,11,13H2,1-2H3,(H,22,26). The second-order valence-electron chi connectivity index (χ2n) is 6.44. The van der Waals surface area contributed by atoms with E-state index in [4.69, 9.17) is 4.42 Å². The highest BCUT2D eigenvalue weighted by molar-refractivity contribution is 7.98. The second kappa shape index (κ2) is 7.90. The lowest BCUT2D eigenvalue weighted by Crippen LogP contribution is -2.26. The number of para-hydroxylation sites is 1. The highest BCUT2D eigenvalue weighted by atomic mass is 32.2. The molecule has 1 amide bonds. The lowest BCUT2D eigenvalue weighted by atomic mass is 10.2. The zero-order chi connectivity index (χ0) is 19.5. The van der Waals surface area contributed by atoms with Gasteiger partial charge in [0.1, 0.15) is 6.54 Å².